The second-order valence-electron chi connectivity index (χ2n) is 8.27. The number of nitrogens with one attached hydrogen (secondary N) is 1. The van der Waals surface area contributed by atoms with E-state index in [9.17, 15) is 4.79 Å². The average molecular weight is 395 g/mol. The predicted molar refractivity (Wildman–Crippen MR) is 113 cm³/mol. The van der Waals surface area contributed by atoms with E-state index in [0.29, 0.717) is 13.1 Å². The van der Waals surface area contributed by atoms with Crippen molar-refractivity contribution in [1.29, 1.82) is 0 Å². The van der Waals surface area contributed by atoms with E-state index in [1.807, 2.05) is 0 Å². The van der Waals surface area contributed by atoms with Crippen LogP contribution in [-0.4, -0.2) is 48.7 Å². The molecule has 3 heterocycles. The second kappa shape index (κ2) is 8.91. The molecule has 154 valence electrons. The maximum absolute atomic E-state index is 13.1. The van der Waals surface area contributed by atoms with Gasteiger partial charge in [0.05, 0.1) is 12.1 Å². The van der Waals surface area contributed by atoms with E-state index in [0.717, 1.165) is 51.3 Å². The number of hydrogen-bond donors (Lipinski definition) is 1. The summed E-state index contributed by atoms with van der Waals surface area (Å²) in [6.45, 7) is 5.94. The Morgan fingerprint density at radius 2 is 2.10 bits per heavy atom. The van der Waals surface area contributed by atoms with Crippen LogP contribution >= 0.6 is 0 Å². The smallest absolute Gasteiger partial charge is 0.224 e. The average Bonchev–Trinajstić information content (AvgIpc) is 2.79. The SMILES string of the molecule is Cc1ccccc1C1(CNC(=O)C2CCCN(c3cnccn3)C2)CCOCC1. The molecule has 2 aromatic rings. The van der Waals surface area contributed by atoms with Gasteiger partial charge in [0.15, 0.2) is 0 Å². The van der Waals surface area contributed by atoms with Crippen molar-refractivity contribution in [2.75, 3.05) is 37.7 Å². The zero-order valence-electron chi connectivity index (χ0n) is 17.1. The minimum Gasteiger partial charge on any atom is -0.381 e. The number of anilines is 1. The molecule has 2 saturated heterocycles. The number of aromatic nitrogens is 2. The summed E-state index contributed by atoms with van der Waals surface area (Å²) in [6.07, 6.45) is 8.94. The van der Waals surface area contributed by atoms with Crippen molar-refractivity contribution in [2.24, 2.45) is 5.92 Å². The van der Waals surface area contributed by atoms with Crippen molar-refractivity contribution in [3.8, 4) is 0 Å². The lowest BCUT2D eigenvalue weighted by Crippen LogP contribution is -2.49. The number of hydrogen-bond acceptors (Lipinski definition) is 5. The summed E-state index contributed by atoms with van der Waals surface area (Å²) in [5.74, 6) is 0.989. The van der Waals surface area contributed by atoms with Crippen LogP contribution in [0, 0.1) is 12.8 Å². The van der Waals surface area contributed by atoms with E-state index in [1.54, 1.807) is 18.6 Å². The monoisotopic (exact) mass is 394 g/mol. The number of piperidine rings is 1. The van der Waals surface area contributed by atoms with Crippen molar-refractivity contribution in [2.45, 2.75) is 38.0 Å². The second-order valence-corrected chi connectivity index (χ2v) is 8.27. The first-order valence-corrected chi connectivity index (χ1v) is 10.6. The lowest BCUT2D eigenvalue weighted by Gasteiger charge is -2.39. The molecule has 1 N–H and O–H groups in total. The maximum Gasteiger partial charge on any atom is 0.224 e. The number of aryl methyl sites for hydroxylation is 1. The summed E-state index contributed by atoms with van der Waals surface area (Å²) in [5, 5.41) is 3.30. The molecule has 1 aromatic heterocycles. The molecule has 6 nitrogen and oxygen atoms in total. The highest BCUT2D eigenvalue weighted by Crippen LogP contribution is 2.36. The van der Waals surface area contributed by atoms with Gasteiger partial charge >= 0.3 is 0 Å². The number of carbonyl (C=O) groups is 1. The summed E-state index contributed by atoms with van der Waals surface area (Å²) in [4.78, 5) is 23.8. The van der Waals surface area contributed by atoms with E-state index in [-0.39, 0.29) is 17.2 Å². The van der Waals surface area contributed by atoms with Crippen molar-refractivity contribution >= 4 is 11.7 Å². The van der Waals surface area contributed by atoms with Crippen LogP contribution in [0.3, 0.4) is 0 Å². The molecule has 2 fully saturated rings. The Morgan fingerprint density at radius 3 is 2.86 bits per heavy atom. The minimum atomic E-state index is -0.0431. The van der Waals surface area contributed by atoms with Crippen molar-refractivity contribution in [1.82, 2.24) is 15.3 Å². The fourth-order valence-corrected chi connectivity index (χ4v) is 4.73. The van der Waals surface area contributed by atoms with Gasteiger partial charge in [-0.2, -0.15) is 0 Å². The molecule has 0 saturated carbocycles. The molecule has 4 rings (SSSR count). The topological polar surface area (TPSA) is 67.4 Å². The van der Waals surface area contributed by atoms with Crippen LogP contribution in [0.4, 0.5) is 5.82 Å². The first kappa shape index (κ1) is 19.8. The van der Waals surface area contributed by atoms with E-state index < -0.39 is 0 Å². The van der Waals surface area contributed by atoms with Crippen LogP contribution in [0.5, 0.6) is 0 Å². The Balaban J connectivity index is 1.44. The third kappa shape index (κ3) is 4.42. The molecular formula is C23H30N4O2. The lowest BCUT2D eigenvalue weighted by atomic mass is 9.72. The highest BCUT2D eigenvalue weighted by atomic mass is 16.5. The number of ether oxygens (including phenoxy) is 1. The van der Waals surface area contributed by atoms with Gasteiger partial charge in [0.1, 0.15) is 5.82 Å². The number of nitrogens with zero attached hydrogens (tertiary/aromatic N) is 3. The summed E-state index contributed by atoms with van der Waals surface area (Å²) >= 11 is 0. The largest absolute Gasteiger partial charge is 0.381 e. The Labute approximate surface area is 172 Å². The normalized spacial score (nSPS) is 21.6. The van der Waals surface area contributed by atoms with Gasteiger partial charge in [-0.05, 0) is 43.7 Å². The molecule has 1 atom stereocenters. The van der Waals surface area contributed by atoms with E-state index in [1.165, 1.54) is 11.1 Å². The van der Waals surface area contributed by atoms with Gasteiger partial charge in [0.2, 0.25) is 5.91 Å². The minimum absolute atomic E-state index is 0.0143. The quantitative estimate of drug-likeness (QED) is 0.845. The summed E-state index contributed by atoms with van der Waals surface area (Å²) in [7, 11) is 0. The highest BCUT2D eigenvalue weighted by molar-refractivity contribution is 5.79. The molecule has 2 aliphatic heterocycles. The fourth-order valence-electron chi connectivity index (χ4n) is 4.73. The molecule has 2 aliphatic rings. The molecule has 0 radical (unpaired) electrons. The van der Waals surface area contributed by atoms with Crippen molar-refractivity contribution in [3.63, 3.8) is 0 Å². The highest BCUT2D eigenvalue weighted by Gasteiger charge is 2.37. The summed E-state index contributed by atoms with van der Waals surface area (Å²) < 4.78 is 5.64. The van der Waals surface area contributed by atoms with Crippen LogP contribution in [-0.2, 0) is 14.9 Å². The third-order valence-corrected chi connectivity index (χ3v) is 6.43. The van der Waals surface area contributed by atoms with Crippen LogP contribution in [0.25, 0.3) is 0 Å². The van der Waals surface area contributed by atoms with Gasteiger partial charge in [-0.25, -0.2) is 4.98 Å². The van der Waals surface area contributed by atoms with Gasteiger partial charge in [0.25, 0.3) is 0 Å². The Morgan fingerprint density at radius 1 is 1.28 bits per heavy atom. The molecule has 1 aromatic carbocycles. The lowest BCUT2D eigenvalue weighted by molar-refractivity contribution is -0.125. The maximum atomic E-state index is 13.1. The van der Waals surface area contributed by atoms with E-state index >= 15 is 0 Å². The predicted octanol–water partition coefficient (Wildman–Crippen LogP) is 2.87. The van der Waals surface area contributed by atoms with E-state index in [2.05, 4.69) is 51.4 Å². The van der Waals surface area contributed by atoms with Crippen molar-refractivity contribution in [3.05, 3.63) is 54.0 Å². The standard InChI is InChI=1S/C23H30N4O2/c1-18-5-2-3-7-20(18)23(8-13-29-14-9-23)17-26-22(28)19-6-4-12-27(16-19)21-15-24-10-11-25-21/h2-3,5,7,10-11,15,19H,4,6,8-9,12-14,16-17H2,1H3,(H,26,28). The molecule has 29 heavy (non-hydrogen) atoms. The zero-order valence-corrected chi connectivity index (χ0v) is 17.1. The molecule has 0 spiro atoms. The van der Waals surface area contributed by atoms with E-state index in [4.69, 9.17) is 4.74 Å². The number of carbonyl (C=O) groups excluding carboxylic acids is 1. The summed E-state index contributed by atoms with van der Waals surface area (Å²) in [5.41, 5.74) is 2.59. The number of rotatable bonds is 5. The van der Waals surface area contributed by atoms with Gasteiger partial charge in [0, 0.05) is 50.7 Å². The Hall–Kier alpha value is -2.47. The molecule has 1 amide bonds. The zero-order chi connectivity index (χ0) is 20.1. The van der Waals surface area contributed by atoms with Crippen LogP contribution in [0.2, 0.25) is 0 Å². The first-order chi connectivity index (χ1) is 14.2. The Bertz CT molecular complexity index is 821. The molecular weight excluding hydrogens is 364 g/mol. The first-order valence-electron chi connectivity index (χ1n) is 10.6. The van der Waals surface area contributed by atoms with Crippen LogP contribution in [0.1, 0.15) is 36.8 Å². The summed E-state index contributed by atoms with van der Waals surface area (Å²) in [6, 6.07) is 8.55. The number of amides is 1. The van der Waals surface area contributed by atoms with Gasteiger partial charge in [-0.1, -0.05) is 24.3 Å². The van der Waals surface area contributed by atoms with Crippen LogP contribution < -0.4 is 10.2 Å². The van der Waals surface area contributed by atoms with Crippen molar-refractivity contribution < 1.29 is 9.53 Å². The molecule has 0 aliphatic carbocycles. The van der Waals surface area contributed by atoms with Gasteiger partial charge in [-0.3, -0.25) is 9.78 Å². The Kier molecular flexibility index (Phi) is 6.09. The number of benzene rings is 1. The van der Waals surface area contributed by atoms with Gasteiger partial charge < -0.3 is 15.0 Å². The van der Waals surface area contributed by atoms with Gasteiger partial charge in [-0.15, -0.1) is 0 Å². The fraction of sp³-hybridized carbons (Fsp3) is 0.522. The molecule has 1 unspecified atom stereocenters. The molecule has 0 bridgehead atoms. The van der Waals surface area contributed by atoms with Crippen LogP contribution in [0.15, 0.2) is 42.9 Å². The third-order valence-electron chi connectivity index (χ3n) is 6.43. The molecule has 6 heteroatoms.